The molecule has 0 radical (unpaired) electrons. The lowest BCUT2D eigenvalue weighted by molar-refractivity contribution is 0.365. The Kier molecular flexibility index (Phi) is 4.58. The van der Waals surface area contributed by atoms with E-state index in [9.17, 15) is 9.59 Å². The van der Waals surface area contributed by atoms with Gasteiger partial charge in [-0.2, -0.15) is 5.10 Å². The van der Waals surface area contributed by atoms with Crippen molar-refractivity contribution in [1.82, 2.24) is 39.6 Å². The highest BCUT2D eigenvalue weighted by Gasteiger charge is 2.22. The molecule has 1 aliphatic rings. The van der Waals surface area contributed by atoms with E-state index >= 15 is 0 Å². The molecular weight excluding hydrogens is 420 g/mol. The molecule has 10 heteroatoms. The van der Waals surface area contributed by atoms with Crippen molar-refractivity contribution in [3.05, 3.63) is 76.0 Å². The van der Waals surface area contributed by atoms with Gasteiger partial charge in [-0.1, -0.05) is 0 Å². The van der Waals surface area contributed by atoms with Crippen LogP contribution in [-0.4, -0.2) is 47.4 Å². The van der Waals surface area contributed by atoms with Crippen molar-refractivity contribution >= 4 is 21.9 Å². The summed E-state index contributed by atoms with van der Waals surface area (Å²) in [6, 6.07) is 9.32. The van der Waals surface area contributed by atoms with Crippen LogP contribution in [0.15, 0.2) is 64.7 Å². The number of pyridine rings is 3. The van der Waals surface area contributed by atoms with Crippen molar-refractivity contribution in [3.63, 3.8) is 0 Å². The zero-order valence-electron chi connectivity index (χ0n) is 17.6. The molecule has 5 aromatic heterocycles. The molecule has 6 heterocycles. The first kappa shape index (κ1) is 19.5. The Morgan fingerprint density at radius 3 is 2.64 bits per heavy atom. The summed E-state index contributed by atoms with van der Waals surface area (Å²) in [6.45, 7) is 1.63. The molecule has 0 amide bonds. The minimum absolute atomic E-state index is 0.0239. The minimum atomic E-state index is -0.452. The Balaban J connectivity index is 1.56. The SMILES string of the molecule is O=c1[nH]c(=O)n(C2CCNCC2)c2c1cnc1ccc(-c3ccc(-n4cccn4)nc3)nc12. The summed E-state index contributed by atoms with van der Waals surface area (Å²) in [7, 11) is 0. The molecule has 0 atom stereocenters. The highest BCUT2D eigenvalue weighted by molar-refractivity contribution is 6.01. The Hall–Kier alpha value is -4.18. The summed E-state index contributed by atoms with van der Waals surface area (Å²) in [4.78, 5) is 41.8. The standard InChI is InChI=1S/C23H20N8O2/c32-22-16-13-25-18-4-3-17(14-2-5-19(26-12-14)30-11-1-8-27-30)28-20(18)21(16)31(23(33)29-22)15-6-9-24-10-7-15/h1-5,8,11-13,15,24H,6-7,9-10H2,(H,29,32,33). The Bertz CT molecular complexity index is 1580. The number of H-pyrrole nitrogens is 1. The van der Waals surface area contributed by atoms with Crippen LogP contribution in [0.25, 0.3) is 39.0 Å². The summed E-state index contributed by atoms with van der Waals surface area (Å²) in [5.74, 6) is 0.697. The maximum atomic E-state index is 12.9. The molecule has 0 unspecified atom stereocenters. The molecular formula is C23H20N8O2. The number of hydrogen-bond donors (Lipinski definition) is 2. The number of piperidine rings is 1. The summed E-state index contributed by atoms with van der Waals surface area (Å²) in [6.07, 6.45) is 8.37. The fourth-order valence-electron chi connectivity index (χ4n) is 4.44. The molecule has 10 nitrogen and oxygen atoms in total. The van der Waals surface area contributed by atoms with Crippen molar-refractivity contribution < 1.29 is 0 Å². The van der Waals surface area contributed by atoms with E-state index < -0.39 is 11.2 Å². The van der Waals surface area contributed by atoms with E-state index in [4.69, 9.17) is 4.98 Å². The number of fused-ring (bicyclic) bond motifs is 3. The largest absolute Gasteiger partial charge is 0.329 e. The van der Waals surface area contributed by atoms with E-state index in [0.717, 1.165) is 31.5 Å². The molecule has 0 bridgehead atoms. The van der Waals surface area contributed by atoms with E-state index in [1.54, 1.807) is 21.6 Å². The molecule has 0 saturated carbocycles. The number of nitrogens with one attached hydrogen (secondary N) is 2. The van der Waals surface area contributed by atoms with Crippen LogP contribution in [0.4, 0.5) is 0 Å². The van der Waals surface area contributed by atoms with Crippen LogP contribution >= 0.6 is 0 Å². The smallest absolute Gasteiger partial charge is 0.317 e. The Morgan fingerprint density at radius 2 is 1.88 bits per heavy atom. The Labute approximate surface area is 187 Å². The number of aromatic amines is 1. The number of nitrogens with zero attached hydrogens (tertiary/aromatic N) is 6. The normalized spacial score (nSPS) is 14.8. The minimum Gasteiger partial charge on any atom is -0.317 e. The van der Waals surface area contributed by atoms with Gasteiger partial charge in [0.1, 0.15) is 5.52 Å². The highest BCUT2D eigenvalue weighted by Crippen LogP contribution is 2.27. The van der Waals surface area contributed by atoms with E-state index in [1.807, 2.05) is 36.5 Å². The number of aromatic nitrogens is 7. The fourth-order valence-corrected chi connectivity index (χ4v) is 4.44. The predicted molar refractivity (Wildman–Crippen MR) is 123 cm³/mol. The molecule has 33 heavy (non-hydrogen) atoms. The third kappa shape index (κ3) is 3.31. The summed E-state index contributed by atoms with van der Waals surface area (Å²) in [5, 5.41) is 7.87. The summed E-state index contributed by atoms with van der Waals surface area (Å²) >= 11 is 0. The van der Waals surface area contributed by atoms with E-state index in [2.05, 4.69) is 25.4 Å². The fraction of sp³-hybridized carbons (Fsp3) is 0.217. The molecule has 5 aromatic rings. The van der Waals surface area contributed by atoms with Crippen LogP contribution in [0.1, 0.15) is 18.9 Å². The first-order chi connectivity index (χ1) is 16.2. The zero-order valence-corrected chi connectivity index (χ0v) is 17.6. The van der Waals surface area contributed by atoms with Crippen LogP contribution in [0.2, 0.25) is 0 Å². The highest BCUT2D eigenvalue weighted by atomic mass is 16.2. The lowest BCUT2D eigenvalue weighted by atomic mass is 10.1. The van der Waals surface area contributed by atoms with Gasteiger partial charge in [0.15, 0.2) is 5.82 Å². The molecule has 0 spiro atoms. The van der Waals surface area contributed by atoms with Crippen molar-refractivity contribution in [3.8, 4) is 17.1 Å². The molecule has 0 aliphatic carbocycles. The van der Waals surface area contributed by atoms with Crippen molar-refractivity contribution in [2.24, 2.45) is 0 Å². The first-order valence-electron chi connectivity index (χ1n) is 10.8. The average molecular weight is 440 g/mol. The van der Waals surface area contributed by atoms with Gasteiger partial charge in [0, 0.05) is 36.4 Å². The van der Waals surface area contributed by atoms with Gasteiger partial charge in [-0.25, -0.2) is 19.4 Å². The second kappa shape index (κ2) is 7.75. The molecule has 1 fully saturated rings. The average Bonchev–Trinajstić information content (AvgIpc) is 3.39. The van der Waals surface area contributed by atoms with Gasteiger partial charge in [0.25, 0.3) is 5.56 Å². The van der Waals surface area contributed by atoms with Crippen molar-refractivity contribution in [2.75, 3.05) is 13.1 Å². The van der Waals surface area contributed by atoms with Crippen molar-refractivity contribution in [1.29, 1.82) is 0 Å². The molecule has 6 rings (SSSR count). The lowest BCUT2D eigenvalue weighted by Crippen LogP contribution is -2.38. The topological polar surface area (TPSA) is 123 Å². The van der Waals surface area contributed by atoms with Gasteiger partial charge in [0.05, 0.1) is 22.1 Å². The quantitative estimate of drug-likeness (QED) is 0.410. The molecule has 164 valence electrons. The van der Waals surface area contributed by atoms with Gasteiger partial charge in [-0.05, 0) is 56.3 Å². The lowest BCUT2D eigenvalue weighted by Gasteiger charge is -2.26. The zero-order chi connectivity index (χ0) is 22.4. The number of rotatable bonds is 3. The van der Waals surface area contributed by atoms with Crippen LogP contribution in [0, 0.1) is 0 Å². The predicted octanol–water partition coefficient (Wildman–Crippen LogP) is 1.81. The van der Waals surface area contributed by atoms with Gasteiger partial charge in [-0.3, -0.25) is 19.3 Å². The monoisotopic (exact) mass is 440 g/mol. The summed E-state index contributed by atoms with van der Waals surface area (Å²) in [5.41, 5.74) is 2.31. The van der Waals surface area contributed by atoms with E-state index in [0.29, 0.717) is 33.4 Å². The first-order valence-corrected chi connectivity index (χ1v) is 10.8. The van der Waals surface area contributed by atoms with Crippen LogP contribution in [0.3, 0.4) is 0 Å². The van der Waals surface area contributed by atoms with Gasteiger partial charge >= 0.3 is 5.69 Å². The molecule has 0 aromatic carbocycles. The number of hydrogen-bond acceptors (Lipinski definition) is 7. The second-order valence-corrected chi connectivity index (χ2v) is 8.05. The van der Waals surface area contributed by atoms with Crippen molar-refractivity contribution in [2.45, 2.75) is 18.9 Å². The van der Waals surface area contributed by atoms with E-state index in [-0.39, 0.29) is 6.04 Å². The molecule has 1 aliphatic heterocycles. The van der Waals surface area contributed by atoms with Gasteiger partial charge in [-0.15, -0.1) is 0 Å². The maximum absolute atomic E-state index is 12.9. The van der Waals surface area contributed by atoms with Gasteiger partial charge < -0.3 is 5.32 Å². The van der Waals surface area contributed by atoms with Crippen LogP contribution in [-0.2, 0) is 0 Å². The van der Waals surface area contributed by atoms with Gasteiger partial charge in [0.2, 0.25) is 0 Å². The second-order valence-electron chi connectivity index (χ2n) is 8.05. The molecule has 1 saturated heterocycles. The molecule has 2 N–H and O–H groups in total. The third-order valence-corrected chi connectivity index (χ3v) is 6.07. The van der Waals surface area contributed by atoms with Crippen LogP contribution in [0.5, 0.6) is 0 Å². The van der Waals surface area contributed by atoms with Crippen LogP contribution < -0.4 is 16.6 Å². The maximum Gasteiger partial charge on any atom is 0.329 e. The third-order valence-electron chi connectivity index (χ3n) is 6.07. The van der Waals surface area contributed by atoms with E-state index in [1.165, 1.54) is 6.20 Å². The Morgan fingerprint density at radius 1 is 1.00 bits per heavy atom. The summed E-state index contributed by atoms with van der Waals surface area (Å²) < 4.78 is 3.37.